The summed E-state index contributed by atoms with van der Waals surface area (Å²) < 4.78 is 16.1. The Hall–Kier alpha value is -1.10. The summed E-state index contributed by atoms with van der Waals surface area (Å²) in [6.45, 7) is 3.12. The van der Waals surface area contributed by atoms with Crippen LogP contribution in [0, 0.1) is 17.7 Å². The number of aromatic nitrogens is 2. The van der Waals surface area contributed by atoms with Crippen molar-refractivity contribution < 1.29 is 4.39 Å². The van der Waals surface area contributed by atoms with Crippen molar-refractivity contribution in [1.29, 1.82) is 0 Å². The van der Waals surface area contributed by atoms with Gasteiger partial charge in [0, 0.05) is 12.6 Å². The second-order valence-corrected chi connectivity index (χ2v) is 6.47. The molecule has 1 saturated carbocycles. The van der Waals surface area contributed by atoms with Gasteiger partial charge >= 0.3 is 0 Å². The minimum atomic E-state index is -0.270. The van der Waals surface area contributed by atoms with E-state index in [4.69, 9.17) is 5.73 Å². The van der Waals surface area contributed by atoms with Gasteiger partial charge in [-0.2, -0.15) is 0 Å². The van der Waals surface area contributed by atoms with Gasteiger partial charge in [0.15, 0.2) is 0 Å². The lowest BCUT2D eigenvalue weighted by Gasteiger charge is -2.12. The van der Waals surface area contributed by atoms with Crippen LogP contribution in [-0.4, -0.2) is 9.55 Å². The summed E-state index contributed by atoms with van der Waals surface area (Å²) in [4.78, 5) is 4.32. The number of halogens is 2. The average Bonchev–Trinajstić information content (AvgIpc) is 2.87. The SMILES string of the molecule is CC1CCC(Cn2c(N)nc3cc(Br)c(F)cc32)C1. The molecule has 19 heavy (non-hydrogen) atoms. The van der Waals surface area contributed by atoms with E-state index in [1.54, 1.807) is 6.07 Å². The summed E-state index contributed by atoms with van der Waals surface area (Å²) in [5, 5.41) is 0. The second kappa shape index (κ2) is 4.78. The number of imidazole rings is 1. The molecule has 102 valence electrons. The molecule has 0 aliphatic heterocycles. The van der Waals surface area contributed by atoms with Crippen molar-refractivity contribution in [2.24, 2.45) is 11.8 Å². The van der Waals surface area contributed by atoms with Gasteiger partial charge in [0.1, 0.15) is 5.82 Å². The lowest BCUT2D eigenvalue weighted by Crippen LogP contribution is -2.10. The molecule has 0 radical (unpaired) electrons. The molecule has 3 rings (SSSR count). The number of rotatable bonds is 2. The first-order chi connectivity index (χ1) is 9.04. The van der Waals surface area contributed by atoms with Gasteiger partial charge in [-0.3, -0.25) is 0 Å². The largest absolute Gasteiger partial charge is 0.369 e. The zero-order chi connectivity index (χ0) is 13.6. The number of nitrogens with zero attached hydrogens (tertiary/aromatic N) is 2. The Morgan fingerprint density at radius 2 is 2.26 bits per heavy atom. The van der Waals surface area contributed by atoms with Crippen LogP contribution in [0.15, 0.2) is 16.6 Å². The Kier molecular flexibility index (Phi) is 3.25. The van der Waals surface area contributed by atoms with E-state index in [1.807, 2.05) is 4.57 Å². The van der Waals surface area contributed by atoms with Crippen LogP contribution < -0.4 is 5.73 Å². The number of hydrogen-bond donors (Lipinski definition) is 1. The minimum absolute atomic E-state index is 0.270. The summed E-state index contributed by atoms with van der Waals surface area (Å²) >= 11 is 3.18. The summed E-state index contributed by atoms with van der Waals surface area (Å²) in [5.74, 6) is 1.62. The fraction of sp³-hybridized carbons (Fsp3) is 0.500. The smallest absolute Gasteiger partial charge is 0.201 e. The van der Waals surface area contributed by atoms with Gasteiger partial charge in [0.05, 0.1) is 15.5 Å². The third kappa shape index (κ3) is 2.36. The van der Waals surface area contributed by atoms with E-state index in [-0.39, 0.29) is 5.82 Å². The summed E-state index contributed by atoms with van der Waals surface area (Å²) in [7, 11) is 0. The van der Waals surface area contributed by atoms with Gasteiger partial charge < -0.3 is 10.3 Å². The van der Waals surface area contributed by atoms with E-state index < -0.39 is 0 Å². The number of benzene rings is 1. The van der Waals surface area contributed by atoms with Crippen LogP contribution in [0.1, 0.15) is 26.2 Å². The lowest BCUT2D eigenvalue weighted by molar-refractivity contribution is 0.450. The van der Waals surface area contributed by atoms with Crippen molar-refractivity contribution in [3.05, 3.63) is 22.4 Å². The third-order valence-electron chi connectivity index (χ3n) is 4.06. The van der Waals surface area contributed by atoms with Crippen LogP contribution in [-0.2, 0) is 6.54 Å². The summed E-state index contributed by atoms with van der Waals surface area (Å²) in [6, 6.07) is 3.20. The molecule has 0 amide bonds. The highest BCUT2D eigenvalue weighted by molar-refractivity contribution is 9.10. The van der Waals surface area contributed by atoms with Crippen molar-refractivity contribution in [3.8, 4) is 0 Å². The van der Waals surface area contributed by atoms with E-state index in [2.05, 4.69) is 27.8 Å². The first-order valence-electron chi connectivity index (χ1n) is 6.65. The van der Waals surface area contributed by atoms with Crippen molar-refractivity contribution in [3.63, 3.8) is 0 Å². The fourth-order valence-electron chi connectivity index (χ4n) is 3.08. The molecule has 3 nitrogen and oxygen atoms in total. The highest BCUT2D eigenvalue weighted by atomic mass is 79.9. The Bertz CT molecular complexity index is 623. The predicted molar refractivity (Wildman–Crippen MR) is 78.3 cm³/mol. The molecule has 1 heterocycles. The fourth-order valence-corrected chi connectivity index (χ4v) is 3.41. The Morgan fingerprint density at radius 3 is 2.95 bits per heavy atom. The van der Waals surface area contributed by atoms with Gasteiger partial charge in [-0.15, -0.1) is 0 Å². The van der Waals surface area contributed by atoms with Crippen molar-refractivity contribution in [2.75, 3.05) is 5.73 Å². The minimum Gasteiger partial charge on any atom is -0.369 e. The van der Waals surface area contributed by atoms with E-state index >= 15 is 0 Å². The maximum Gasteiger partial charge on any atom is 0.201 e. The van der Waals surface area contributed by atoms with Crippen molar-refractivity contribution in [2.45, 2.75) is 32.7 Å². The molecule has 2 atom stereocenters. The zero-order valence-corrected chi connectivity index (χ0v) is 12.5. The van der Waals surface area contributed by atoms with E-state index in [0.717, 1.165) is 23.5 Å². The molecule has 1 aliphatic carbocycles. The highest BCUT2D eigenvalue weighted by Crippen LogP contribution is 2.33. The molecule has 2 unspecified atom stereocenters. The molecule has 0 bridgehead atoms. The van der Waals surface area contributed by atoms with Crippen LogP contribution in [0.25, 0.3) is 11.0 Å². The molecule has 2 aromatic rings. The first-order valence-corrected chi connectivity index (χ1v) is 7.44. The van der Waals surface area contributed by atoms with Gasteiger partial charge in [0.2, 0.25) is 5.95 Å². The number of hydrogen-bond acceptors (Lipinski definition) is 2. The molecular weight excluding hydrogens is 309 g/mol. The molecule has 0 spiro atoms. The maximum absolute atomic E-state index is 13.7. The molecule has 1 aliphatic rings. The molecule has 5 heteroatoms. The summed E-state index contributed by atoms with van der Waals surface area (Å²) in [6.07, 6.45) is 3.72. The lowest BCUT2D eigenvalue weighted by atomic mass is 10.1. The quantitative estimate of drug-likeness (QED) is 0.908. The summed E-state index contributed by atoms with van der Waals surface area (Å²) in [5.41, 5.74) is 7.52. The third-order valence-corrected chi connectivity index (χ3v) is 4.67. The predicted octanol–water partition coefficient (Wildman–Crippen LogP) is 3.96. The van der Waals surface area contributed by atoms with E-state index in [1.165, 1.54) is 25.3 Å². The second-order valence-electron chi connectivity index (χ2n) is 5.62. The van der Waals surface area contributed by atoms with Gasteiger partial charge in [-0.05, 0) is 46.7 Å². The number of fused-ring (bicyclic) bond motifs is 1. The number of anilines is 1. The Labute approximate surface area is 120 Å². The van der Waals surface area contributed by atoms with Gasteiger partial charge in [-0.25, -0.2) is 9.37 Å². The molecule has 2 N–H and O–H groups in total. The molecule has 1 aromatic heterocycles. The monoisotopic (exact) mass is 325 g/mol. The Morgan fingerprint density at radius 1 is 1.47 bits per heavy atom. The normalized spacial score (nSPS) is 23.3. The molecule has 1 fully saturated rings. The van der Waals surface area contributed by atoms with Crippen LogP contribution in [0.2, 0.25) is 0 Å². The van der Waals surface area contributed by atoms with Gasteiger partial charge in [0.25, 0.3) is 0 Å². The number of nitrogens with two attached hydrogens (primary N) is 1. The topological polar surface area (TPSA) is 43.8 Å². The number of nitrogen functional groups attached to an aromatic ring is 1. The Balaban J connectivity index is 1.98. The standard InChI is InChI=1S/C14H17BrFN3/c1-8-2-3-9(4-8)7-19-13-6-11(16)10(15)5-12(13)18-14(19)17/h5-6,8-9H,2-4,7H2,1H3,(H2,17,18). The van der Waals surface area contributed by atoms with Crippen LogP contribution in [0.4, 0.5) is 10.3 Å². The van der Waals surface area contributed by atoms with Gasteiger partial charge in [-0.1, -0.05) is 13.3 Å². The van der Waals surface area contributed by atoms with Crippen molar-refractivity contribution >= 4 is 32.9 Å². The molecule has 0 saturated heterocycles. The van der Waals surface area contributed by atoms with Crippen molar-refractivity contribution in [1.82, 2.24) is 9.55 Å². The van der Waals surface area contributed by atoms with E-state index in [0.29, 0.717) is 16.3 Å². The average molecular weight is 326 g/mol. The molecule has 1 aromatic carbocycles. The van der Waals surface area contributed by atoms with Crippen LogP contribution >= 0.6 is 15.9 Å². The maximum atomic E-state index is 13.7. The van der Waals surface area contributed by atoms with E-state index in [9.17, 15) is 4.39 Å². The van der Waals surface area contributed by atoms with Crippen LogP contribution in [0.5, 0.6) is 0 Å². The highest BCUT2D eigenvalue weighted by Gasteiger charge is 2.23. The van der Waals surface area contributed by atoms with Crippen LogP contribution in [0.3, 0.4) is 0 Å². The first kappa shape index (κ1) is 12.9. The zero-order valence-electron chi connectivity index (χ0n) is 10.9. The molecular formula is C14H17BrFN3.